The summed E-state index contributed by atoms with van der Waals surface area (Å²) in [5.74, 6) is -0.0110. The lowest BCUT2D eigenvalue weighted by Gasteiger charge is -2.25. The fourth-order valence-corrected chi connectivity index (χ4v) is 3.53. The number of carbonyl (C=O) groups is 1. The van der Waals surface area contributed by atoms with Crippen molar-refractivity contribution in [3.05, 3.63) is 65.7 Å². The minimum Gasteiger partial charge on any atom is -0.370 e. The molecule has 2 aromatic rings. The first-order valence-electron chi connectivity index (χ1n) is 9.32. The van der Waals surface area contributed by atoms with Crippen LogP contribution < -0.4 is 21.1 Å². The van der Waals surface area contributed by atoms with Gasteiger partial charge in [-0.1, -0.05) is 48.5 Å². The van der Waals surface area contributed by atoms with Gasteiger partial charge in [0.15, 0.2) is 0 Å². The van der Waals surface area contributed by atoms with Crippen LogP contribution in [0, 0.1) is 12.8 Å². The monoisotopic (exact) mass is 352 g/mol. The number of carbonyl (C=O) groups excluding carboxylic acids is 1. The molecule has 5 nitrogen and oxygen atoms in total. The smallest absolute Gasteiger partial charge is 0.226 e. The molecule has 1 amide bonds. The van der Waals surface area contributed by atoms with E-state index in [1.807, 2.05) is 18.2 Å². The maximum Gasteiger partial charge on any atom is 0.226 e. The van der Waals surface area contributed by atoms with E-state index in [2.05, 4.69) is 71.3 Å². The van der Waals surface area contributed by atoms with Crippen molar-refractivity contribution in [1.29, 1.82) is 0 Å². The zero-order chi connectivity index (χ0) is 18.4. The molecule has 0 aromatic heterocycles. The van der Waals surface area contributed by atoms with Crippen LogP contribution in [0.5, 0.6) is 0 Å². The third-order valence-electron chi connectivity index (χ3n) is 5.00. The van der Waals surface area contributed by atoms with E-state index >= 15 is 0 Å². The number of benzene rings is 2. The van der Waals surface area contributed by atoms with Crippen LogP contribution in [-0.2, 0) is 4.79 Å². The molecule has 1 aliphatic heterocycles. The average molecular weight is 352 g/mol. The fourth-order valence-electron chi connectivity index (χ4n) is 3.53. The zero-order valence-corrected chi connectivity index (χ0v) is 15.5. The van der Waals surface area contributed by atoms with Crippen molar-refractivity contribution in [3.63, 3.8) is 0 Å². The summed E-state index contributed by atoms with van der Waals surface area (Å²) in [6, 6.07) is 18.5. The van der Waals surface area contributed by atoms with Gasteiger partial charge in [-0.15, -0.1) is 0 Å². The summed E-state index contributed by atoms with van der Waals surface area (Å²) in [5.41, 5.74) is 9.97. The SMILES string of the molecule is CCN(CCNC(=O)C1CNNC1c1ccccc1)c1ccccc1C. The largest absolute Gasteiger partial charge is 0.370 e. The molecule has 1 aliphatic rings. The zero-order valence-electron chi connectivity index (χ0n) is 15.5. The third kappa shape index (κ3) is 4.23. The topological polar surface area (TPSA) is 56.4 Å². The van der Waals surface area contributed by atoms with Crippen LogP contribution in [0.1, 0.15) is 24.1 Å². The van der Waals surface area contributed by atoms with Gasteiger partial charge in [0.2, 0.25) is 5.91 Å². The fraction of sp³-hybridized carbons (Fsp3) is 0.381. The molecule has 5 heteroatoms. The number of rotatable bonds is 7. The predicted molar refractivity (Wildman–Crippen MR) is 106 cm³/mol. The molecule has 0 radical (unpaired) electrons. The van der Waals surface area contributed by atoms with Crippen molar-refractivity contribution in [2.75, 3.05) is 31.1 Å². The first kappa shape index (κ1) is 18.4. The Morgan fingerprint density at radius 3 is 2.62 bits per heavy atom. The summed E-state index contributed by atoms with van der Waals surface area (Å²) in [6.07, 6.45) is 0. The number of aryl methyl sites for hydroxylation is 1. The minimum absolute atomic E-state index is 0.00912. The number of hydrazine groups is 1. The molecule has 3 rings (SSSR count). The Morgan fingerprint density at radius 2 is 1.88 bits per heavy atom. The van der Waals surface area contributed by atoms with Crippen LogP contribution in [0.3, 0.4) is 0 Å². The molecule has 138 valence electrons. The number of hydrogen-bond acceptors (Lipinski definition) is 4. The second-order valence-electron chi connectivity index (χ2n) is 6.68. The first-order valence-corrected chi connectivity index (χ1v) is 9.32. The van der Waals surface area contributed by atoms with Crippen molar-refractivity contribution >= 4 is 11.6 Å². The lowest BCUT2D eigenvalue weighted by Crippen LogP contribution is -2.40. The van der Waals surface area contributed by atoms with E-state index < -0.39 is 0 Å². The standard InChI is InChI=1S/C21H28N4O/c1-3-25(19-12-8-7-9-16(19)2)14-13-22-21(26)18-15-23-24-20(18)17-10-5-4-6-11-17/h4-12,18,20,23-24H,3,13-15H2,1-2H3,(H,22,26). The van der Waals surface area contributed by atoms with Gasteiger partial charge in [0.1, 0.15) is 0 Å². The number of likely N-dealkylation sites (N-methyl/N-ethyl adjacent to an activating group) is 1. The second-order valence-corrected chi connectivity index (χ2v) is 6.68. The third-order valence-corrected chi connectivity index (χ3v) is 5.00. The van der Waals surface area contributed by atoms with E-state index in [1.165, 1.54) is 11.3 Å². The van der Waals surface area contributed by atoms with Crippen LogP contribution in [0.4, 0.5) is 5.69 Å². The van der Waals surface area contributed by atoms with Gasteiger partial charge in [0, 0.05) is 31.9 Å². The van der Waals surface area contributed by atoms with Crippen LogP contribution in [-0.4, -0.2) is 32.1 Å². The molecule has 26 heavy (non-hydrogen) atoms. The van der Waals surface area contributed by atoms with Gasteiger partial charge in [0.25, 0.3) is 0 Å². The number of amides is 1. The number of para-hydroxylation sites is 1. The van der Waals surface area contributed by atoms with Crippen LogP contribution in [0.15, 0.2) is 54.6 Å². The van der Waals surface area contributed by atoms with Gasteiger partial charge in [0.05, 0.1) is 12.0 Å². The molecular formula is C21H28N4O. The molecule has 0 saturated carbocycles. The predicted octanol–water partition coefficient (Wildman–Crippen LogP) is 2.40. The van der Waals surface area contributed by atoms with Crippen molar-refractivity contribution in [2.24, 2.45) is 5.92 Å². The minimum atomic E-state index is -0.106. The van der Waals surface area contributed by atoms with Crippen molar-refractivity contribution in [3.8, 4) is 0 Å². The molecule has 0 bridgehead atoms. The molecule has 3 N–H and O–H groups in total. The summed E-state index contributed by atoms with van der Waals surface area (Å²) in [5, 5.41) is 3.12. The van der Waals surface area contributed by atoms with Gasteiger partial charge in [-0.2, -0.15) is 0 Å². The van der Waals surface area contributed by atoms with Gasteiger partial charge in [-0.25, -0.2) is 5.43 Å². The maximum atomic E-state index is 12.7. The van der Waals surface area contributed by atoms with Crippen molar-refractivity contribution in [2.45, 2.75) is 19.9 Å². The maximum absolute atomic E-state index is 12.7. The Morgan fingerprint density at radius 1 is 1.15 bits per heavy atom. The van der Waals surface area contributed by atoms with Gasteiger partial charge in [-0.05, 0) is 31.0 Å². The van der Waals surface area contributed by atoms with E-state index in [0.29, 0.717) is 13.1 Å². The average Bonchev–Trinajstić information content (AvgIpc) is 3.17. The summed E-state index contributed by atoms with van der Waals surface area (Å²) >= 11 is 0. The highest BCUT2D eigenvalue weighted by atomic mass is 16.2. The molecule has 2 unspecified atom stereocenters. The van der Waals surface area contributed by atoms with Crippen LogP contribution in [0.25, 0.3) is 0 Å². The summed E-state index contributed by atoms with van der Waals surface area (Å²) in [4.78, 5) is 15.0. The second kappa shape index (κ2) is 8.83. The van der Waals surface area contributed by atoms with E-state index in [1.54, 1.807) is 0 Å². The summed E-state index contributed by atoms with van der Waals surface area (Å²) < 4.78 is 0. The molecule has 2 atom stereocenters. The molecule has 1 heterocycles. The Hall–Kier alpha value is -2.37. The van der Waals surface area contributed by atoms with Crippen molar-refractivity contribution in [1.82, 2.24) is 16.2 Å². The van der Waals surface area contributed by atoms with Gasteiger partial charge >= 0.3 is 0 Å². The normalized spacial score (nSPS) is 19.3. The van der Waals surface area contributed by atoms with Gasteiger partial charge < -0.3 is 10.2 Å². The number of hydrogen-bond donors (Lipinski definition) is 3. The highest BCUT2D eigenvalue weighted by molar-refractivity contribution is 5.80. The van der Waals surface area contributed by atoms with E-state index in [-0.39, 0.29) is 17.9 Å². The number of nitrogens with one attached hydrogen (secondary N) is 3. The summed E-state index contributed by atoms with van der Waals surface area (Å²) in [7, 11) is 0. The Balaban J connectivity index is 1.56. The van der Waals surface area contributed by atoms with Crippen molar-refractivity contribution < 1.29 is 4.79 Å². The van der Waals surface area contributed by atoms with E-state index in [0.717, 1.165) is 18.7 Å². The molecular weight excluding hydrogens is 324 g/mol. The molecule has 0 spiro atoms. The lowest BCUT2D eigenvalue weighted by molar-refractivity contribution is -0.124. The highest BCUT2D eigenvalue weighted by Gasteiger charge is 2.33. The summed E-state index contributed by atoms with van der Waals surface area (Å²) in [6.45, 7) is 7.26. The van der Waals surface area contributed by atoms with E-state index in [4.69, 9.17) is 0 Å². The molecule has 2 aromatic carbocycles. The van der Waals surface area contributed by atoms with Crippen LogP contribution in [0.2, 0.25) is 0 Å². The van der Waals surface area contributed by atoms with Gasteiger partial charge in [-0.3, -0.25) is 10.2 Å². The van der Waals surface area contributed by atoms with Crippen LogP contribution >= 0.6 is 0 Å². The quantitative estimate of drug-likeness (QED) is 0.716. The Kier molecular flexibility index (Phi) is 6.26. The number of nitrogens with zero attached hydrogens (tertiary/aromatic N) is 1. The molecule has 0 aliphatic carbocycles. The molecule has 1 fully saturated rings. The highest BCUT2D eigenvalue weighted by Crippen LogP contribution is 2.24. The first-order chi connectivity index (χ1) is 12.7. The Labute approximate surface area is 155 Å². The van der Waals surface area contributed by atoms with E-state index in [9.17, 15) is 4.79 Å². The Bertz CT molecular complexity index is 719. The number of anilines is 1. The molecule has 1 saturated heterocycles. The lowest BCUT2D eigenvalue weighted by atomic mass is 9.94.